The fourth-order valence-electron chi connectivity index (χ4n) is 11.6. The van der Waals surface area contributed by atoms with Crippen LogP contribution in [0, 0.1) is 0 Å². The first-order valence-electron chi connectivity index (χ1n) is 20.4. The van der Waals surface area contributed by atoms with Crippen LogP contribution in [0.25, 0.3) is 66.1 Å². The van der Waals surface area contributed by atoms with E-state index in [9.17, 15) is 0 Å². The van der Waals surface area contributed by atoms with Gasteiger partial charge in [0.15, 0.2) is 7.28 Å². The maximum Gasteiger partial charge on any atom is 0.193 e. The van der Waals surface area contributed by atoms with Crippen molar-refractivity contribution in [1.29, 1.82) is 0 Å². The maximum atomic E-state index is 6.99. The van der Waals surface area contributed by atoms with Crippen molar-refractivity contribution in [3.05, 3.63) is 215 Å². The number of benzene rings is 9. The standard InChI is InChI=1S/C55H33BNO/c1-2-14-32-28-39-33(27-31(32)13-1)29-42-50-37(39)18-12-24-47(50)56-52-40(30-41-36-17-5-10-26-49(36)58-54(41)51(42)52)38-19-11-23-46-53(38)57-48-25-9-8-22-45(48)55(46)43-20-6-3-15-34(43)35-16-4-7-21-44(35)55/h1-28,30,42,57H,29H2. The molecule has 3 heterocycles. The van der Waals surface area contributed by atoms with E-state index in [2.05, 4.69) is 189 Å². The van der Waals surface area contributed by atoms with Gasteiger partial charge in [-0.2, -0.15) is 0 Å². The first-order valence-corrected chi connectivity index (χ1v) is 20.4. The van der Waals surface area contributed by atoms with Gasteiger partial charge in [0.05, 0.1) is 11.1 Å². The number of hydrogen-bond donors (Lipinski definition) is 1. The van der Waals surface area contributed by atoms with Gasteiger partial charge in [-0.1, -0.05) is 163 Å². The SMILES string of the molecule is [B]1c2cccc3c2C(Cc2cc4ccccc4cc2-3)c2c1c(-c1cccc3c1Nc1ccccc1C31c3ccccc3-c3ccccc31)cc1c2oc2ccccc21. The molecule has 1 atom stereocenters. The largest absolute Gasteiger partial charge is 0.456 e. The number of anilines is 2. The molecule has 0 saturated heterocycles. The van der Waals surface area contributed by atoms with Gasteiger partial charge < -0.3 is 9.73 Å². The fourth-order valence-corrected chi connectivity index (χ4v) is 11.6. The first-order chi connectivity index (χ1) is 28.8. The molecule has 0 fully saturated rings. The van der Waals surface area contributed by atoms with E-state index in [1.807, 2.05) is 0 Å². The van der Waals surface area contributed by atoms with Crippen molar-refractivity contribution >= 4 is 62.3 Å². The molecule has 0 saturated carbocycles. The van der Waals surface area contributed by atoms with Crippen LogP contribution in [-0.2, 0) is 11.8 Å². The molecule has 2 aliphatic heterocycles. The molecule has 1 N–H and O–H groups in total. The molecule has 14 rings (SSSR count). The summed E-state index contributed by atoms with van der Waals surface area (Å²) >= 11 is 0. The molecule has 4 aliphatic rings. The highest BCUT2D eigenvalue weighted by molar-refractivity contribution is 6.71. The quantitative estimate of drug-likeness (QED) is 0.170. The van der Waals surface area contributed by atoms with Crippen molar-refractivity contribution in [3.63, 3.8) is 0 Å². The summed E-state index contributed by atoms with van der Waals surface area (Å²) in [4.78, 5) is 0. The van der Waals surface area contributed by atoms with Gasteiger partial charge in [0.25, 0.3) is 0 Å². The Morgan fingerprint density at radius 2 is 1.16 bits per heavy atom. The topological polar surface area (TPSA) is 25.2 Å². The Hall–Kier alpha value is -7.10. The minimum atomic E-state index is -0.478. The van der Waals surface area contributed by atoms with E-state index in [1.54, 1.807) is 0 Å². The van der Waals surface area contributed by atoms with Crippen molar-refractivity contribution in [1.82, 2.24) is 0 Å². The zero-order valence-corrected chi connectivity index (χ0v) is 31.5. The normalized spacial score (nSPS) is 15.8. The Balaban J connectivity index is 1.08. The van der Waals surface area contributed by atoms with Crippen LogP contribution in [0.5, 0.6) is 0 Å². The molecule has 0 amide bonds. The Labute approximate surface area is 336 Å². The van der Waals surface area contributed by atoms with Crippen LogP contribution in [0.1, 0.15) is 44.9 Å². The van der Waals surface area contributed by atoms with Gasteiger partial charge in [0.2, 0.25) is 0 Å². The highest BCUT2D eigenvalue weighted by Gasteiger charge is 2.50. The van der Waals surface area contributed by atoms with Crippen LogP contribution in [0.2, 0.25) is 0 Å². The van der Waals surface area contributed by atoms with E-state index in [1.165, 1.54) is 99.4 Å². The summed E-state index contributed by atoms with van der Waals surface area (Å²) < 4.78 is 6.99. The number of furan rings is 1. The lowest BCUT2D eigenvalue weighted by Gasteiger charge is -2.41. The molecule has 2 nitrogen and oxygen atoms in total. The number of nitrogens with one attached hydrogen (secondary N) is 1. The maximum absolute atomic E-state index is 6.99. The van der Waals surface area contributed by atoms with Crippen LogP contribution < -0.4 is 16.2 Å². The summed E-state index contributed by atoms with van der Waals surface area (Å²) in [5.41, 5.74) is 23.4. The molecule has 1 aromatic heterocycles. The molecule has 3 heteroatoms. The molecule has 58 heavy (non-hydrogen) atoms. The summed E-state index contributed by atoms with van der Waals surface area (Å²) in [6.45, 7) is 0. The second kappa shape index (κ2) is 11.1. The lowest BCUT2D eigenvalue weighted by molar-refractivity contribution is 0.655. The smallest absolute Gasteiger partial charge is 0.193 e. The lowest BCUT2D eigenvalue weighted by atomic mass is 9.50. The third kappa shape index (κ3) is 3.80. The molecule has 1 radical (unpaired) electrons. The molecule has 1 unspecified atom stereocenters. The Kier molecular flexibility index (Phi) is 5.92. The molecular formula is C55H33BNO. The van der Waals surface area contributed by atoms with E-state index in [4.69, 9.17) is 4.42 Å². The predicted octanol–water partition coefficient (Wildman–Crippen LogP) is 12.1. The Morgan fingerprint density at radius 3 is 2.00 bits per heavy atom. The average Bonchev–Trinajstić information content (AvgIpc) is 3.79. The van der Waals surface area contributed by atoms with Crippen LogP contribution in [0.15, 0.2) is 180 Å². The first kappa shape index (κ1) is 31.0. The highest BCUT2D eigenvalue weighted by atomic mass is 16.3. The van der Waals surface area contributed by atoms with E-state index in [0.717, 1.165) is 34.3 Å². The molecular weight excluding hydrogens is 701 g/mol. The molecule has 2 aliphatic carbocycles. The number of hydrogen-bond acceptors (Lipinski definition) is 2. The van der Waals surface area contributed by atoms with E-state index in [0.29, 0.717) is 0 Å². The minimum absolute atomic E-state index is 0.135. The Bertz CT molecular complexity index is 3420. The highest BCUT2D eigenvalue weighted by Crippen LogP contribution is 2.62. The van der Waals surface area contributed by atoms with Gasteiger partial charge in [0, 0.05) is 27.9 Å². The third-order valence-corrected chi connectivity index (χ3v) is 13.9. The van der Waals surface area contributed by atoms with Gasteiger partial charge in [-0.25, -0.2) is 0 Å². The van der Waals surface area contributed by atoms with Gasteiger partial charge in [0.1, 0.15) is 11.2 Å². The summed E-state index contributed by atoms with van der Waals surface area (Å²) in [6.07, 6.45) is 0.913. The molecule has 0 bridgehead atoms. The molecule has 10 aromatic rings. The number of rotatable bonds is 1. The average molecular weight is 735 g/mol. The minimum Gasteiger partial charge on any atom is -0.456 e. The summed E-state index contributed by atoms with van der Waals surface area (Å²) in [6, 6.07) is 65.6. The summed E-state index contributed by atoms with van der Waals surface area (Å²) in [5, 5.41) is 8.96. The molecule has 1 spiro atoms. The summed E-state index contributed by atoms with van der Waals surface area (Å²) in [5.74, 6) is 0.135. The zero-order valence-electron chi connectivity index (χ0n) is 31.5. The monoisotopic (exact) mass is 734 g/mol. The zero-order chi connectivity index (χ0) is 37.7. The predicted molar refractivity (Wildman–Crippen MR) is 240 cm³/mol. The fraction of sp³-hybridized carbons (Fsp3) is 0.0545. The van der Waals surface area contributed by atoms with E-state index >= 15 is 0 Å². The second-order valence-electron chi connectivity index (χ2n) is 16.5. The second-order valence-corrected chi connectivity index (χ2v) is 16.5. The van der Waals surface area contributed by atoms with Crippen LogP contribution in [0.4, 0.5) is 11.4 Å². The van der Waals surface area contributed by atoms with Crippen molar-refractivity contribution in [2.24, 2.45) is 0 Å². The number of fused-ring (bicyclic) bond motifs is 18. The van der Waals surface area contributed by atoms with Gasteiger partial charge in [-0.05, 0) is 108 Å². The van der Waals surface area contributed by atoms with Crippen molar-refractivity contribution in [2.45, 2.75) is 17.8 Å². The van der Waals surface area contributed by atoms with Crippen molar-refractivity contribution in [2.75, 3.05) is 5.32 Å². The van der Waals surface area contributed by atoms with Gasteiger partial charge in [-0.3, -0.25) is 0 Å². The van der Waals surface area contributed by atoms with Crippen LogP contribution in [0.3, 0.4) is 0 Å². The third-order valence-electron chi connectivity index (χ3n) is 13.9. The van der Waals surface area contributed by atoms with Crippen LogP contribution in [-0.4, -0.2) is 7.28 Å². The van der Waals surface area contributed by atoms with Crippen molar-refractivity contribution in [3.8, 4) is 33.4 Å². The van der Waals surface area contributed by atoms with Gasteiger partial charge >= 0.3 is 0 Å². The van der Waals surface area contributed by atoms with Gasteiger partial charge in [-0.15, -0.1) is 0 Å². The molecule has 9 aromatic carbocycles. The van der Waals surface area contributed by atoms with Crippen molar-refractivity contribution < 1.29 is 4.42 Å². The Morgan fingerprint density at radius 1 is 0.500 bits per heavy atom. The molecule has 267 valence electrons. The lowest BCUT2D eigenvalue weighted by Crippen LogP contribution is -2.42. The number of para-hydroxylation sites is 3. The van der Waals surface area contributed by atoms with E-state index in [-0.39, 0.29) is 5.92 Å². The van der Waals surface area contributed by atoms with Crippen LogP contribution >= 0.6 is 0 Å². The van der Waals surface area contributed by atoms with E-state index < -0.39 is 5.41 Å². The summed E-state index contributed by atoms with van der Waals surface area (Å²) in [7, 11) is 2.46.